The fraction of sp³-hybridized carbons (Fsp3) is 0.200. The summed E-state index contributed by atoms with van der Waals surface area (Å²) in [6.07, 6.45) is 0. The van der Waals surface area contributed by atoms with Crippen molar-refractivity contribution in [1.29, 1.82) is 0 Å². The number of hydrogen-bond donors (Lipinski definition) is 1. The van der Waals surface area contributed by atoms with Crippen molar-refractivity contribution in [2.45, 2.75) is 11.1 Å². The third-order valence-corrected chi connectivity index (χ3v) is 3.66. The molecule has 1 rings (SSSR count). The Morgan fingerprint density at radius 3 is 2.38 bits per heavy atom. The van der Waals surface area contributed by atoms with E-state index in [-0.39, 0.29) is 10.6 Å². The summed E-state index contributed by atoms with van der Waals surface area (Å²) in [6, 6.07) is 0.843. The summed E-state index contributed by atoms with van der Waals surface area (Å²) in [5, 5.41) is 10.3. The van der Waals surface area contributed by atoms with Gasteiger partial charge in [0.1, 0.15) is 0 Å². The summed E-state index contributed by atoms with van der Waals surface area (Å²) >= 11 is 0.670. The van der Waals surface area contributed by atoms with E-state index in [0.717, 1.165) is 6.07 Å². The van der Waals surface area contributed by atoms with Gasteiger partial charge >= 0.3 is 10.1 Å². The number of aryl methyl sites for hydroxylation is 1. The van der Waals surface area contributed by atoms with Crippen molar-refractivity contribution in [2.75, 3.05) is 0 Å². The first-order valence-corrected chi connectivity index (χ1v) is 5.30. The van der Waals surface area contributed by atoms with Crippen LogP contribution in [0.4, 0.5) is 5.69 Å². The second-order valence-electron chi connectivity index (χ2n) is 2.24. The zero-order valence-electron chi connectivity index (χ0n) is 6.42. The molecule has 0 aromatic carbocycles. The van der Waals surface area contributed by atoms with Crippen molar-refractivity contribution in [3.05, 3.63) is 21.1 Å². The number of rotatable bonds is 2. The summed E-state index contributed by atoms with van der Waals surface area (Å²) in [6.45, 7) is 1.41. The first-order chi connectivity index (χ1) is 5.82. The second-order valence-corrected chi connectivity index (χ2v) is 5.14. The van der Waals surface area contributed by atoms with E-state index in [4.69, 9.17) is 4.55 Å². The van der Waals surface area contributed by atoms with Crippen LogP contribution < -0.4 is 0 Å². The molecule has 6 nitrogen and oxygen atoms in total. The highest BCUT2D eigenvalue weighted by Gasteiger charge is 2.21. The van der Waals surface area contributed by atoms with Crippen molar-refractivity contribution >= 4 is 27.1 Å². The molecule has 8 heteroatoms. The van der Waals surface area contributed by atoms with Gasteiger partial charge in [0.15, 0.2) is 4.21 Å². The molecule has 1 heterocycles. The van der Waals surface area contributed by atoms with Crippen LogP contribution >= 0.6 is 11.3 Å². The minimum absolute atomic E-state index is 0.248. The maximum absolute atomic E-state index is 10.6. The van der Waals surface area contributed by atoms with Crippen molar-refractivity contribution < 1.29 is 17.9 Å². The van der Waals surface area contributed by atoms with Crippen molar-refractivity contribution in [2.24, 2.45) is 0 Å². The molecule has 0 spiro atoms. The first kappa shape index (κ1) is 10.1. The number of nitro groups is 1. The molecule has 0 bridgehead atoms. The predicted molar refractivity (Wildman–Crippen MR) is 45.5 cm³/mol. The molecule has 13 heavy (non-hydrogen) atoms. The molecule has 1 aromatic heterocycles. The van der Waals surface area contributed by atoms with Crippen LogP contribution in [0.5, 0.6) is 0 Å². The van der Waals surface area contributed by atoms with Crippen LogP contribution in [0, 0.1) is 17.0 Å². The maximum atomic E-state index is 10.6. The van der Waals surface area contributed by atoms with Gasteiger partial charge in [0.05, 0.1) is 9.80 Å². The van der Waals surface area contributed by atoms with Crippen LogP contribution in [0.15, 0.2) is 10.3 Å². The molecule has 1 aromatic rings. The first-order valence-electron chi connectivity index (χ1n) is 3.04. The maximum Gasteiger partial charge on any atom is 0.304 e. The largest absolute Gasteiger partial charge is 0.304 e. The van der Waals surface area contributed by atoms with Gasteiger partial charge in [-0.05, 0) is 6.92 Å². The summed E-state index contributed by atoms with van der Waals surface area (Å²) in [7, 11) is -4.32. The molecule has 0 radical (unpaired) electrons. The SMILES string of the molecule is Cc1sc(S(=O)(=O)O)cc1[N+](=O)[O-]. The third kappa shape index (κ3) is 2.02. The van der Waals surface area contributed by atoms with E-state index < -0.39 is 19.3 Å². The number of thiophene rings is 1. The van der Waals surface area contributed by atoms with Gasteiger partial charge in [-0.25, -0.2) is 0 Å². The average Bonchev–Trinajstić information content (AvgIpc) is 2.29. The third-order valence-electron chi connectivity index (χ3n) is 1.32. The molecule has 0 unspecified atom stereocenters. The van der Waals surface area contributed by atoms with Crippen LogP contribution in [0.1, 0.15) is 4.88 Å². The lowest BCUT2D eigenvalue weighted by molar-refractivity contribution is -0.385. The topological polar surface area (TPSA) is 97.5 Å². The standard InChI is InChI=1S/C5H5NO5S2/c1-3-4(6(7)8)2-5(12-3)13(9,10)11/h2H,1H3,(H,9,10,11). The highest BCUT2D eigenvalue weighted by molar-refractivity contribution is 7.88. The Labute approximate surface area is 77.7 Å². The van der Waals surface area contributed by atoms with Gasteiger partial charge in [-0.1, -0.05) is 0 Å². The van der Waals surface area contributed by atoms with Gasteiger partial charge < -0.3 is 0 Å². The Morgan fingerprint density at radius 2 is 2.15 bits per heavy atom. The van der Waals surface area contributed by atoms with Gasteiger partial charge in [0.25, 0.3) is 5.69 Å². The van der Waals surface area contributed by atoms with Crippen LogP contribution in [0.3, 0.4) is 0 Å². The van der Waals surface area contributed by atoms with Crippen LogP contribution in [0.2, 0.25) is 0 Å². The smallest absolute Gasteiger partial charge is 0.281 e. The van der Waals surface area contributed by atoms with Gasteiger partial charge in [-0.15, -0.1) is 11.3 Å². The number of nitrogens with zero attached hydrogens (tertiary/aromatic N) is 1. The zero-order chi connectivity index (χ0) is 10.2. The monoisotopic (exact) mass is 223 g/mol. The molecule has 0 aliphatic carbocycles. The van der Waals surface area contributed by atoms with Gasteiger partial charge in [0, 0.05) is 6.07 Å². The Morgan fingerprint density at radius 1 is 1.62 bits per heavy atom. The molecular weight excluding hydrogens is 218 g/mol. The van der Waals surface area contributed by atoms with E-state index in [1.54, 1.807) is 0 Å². The van der Waals surface area contributed by atoms with E-state index >= 15 is 0 Å². The lowest BCUT2D eigenvalue weighted by Crippen LogP contribution is -1.93. The Bertz CT molecular complexity index is 445. The normalized spacial score (nSPS) is 11.5. The molecule has 0 fully saturated rings. The highest BCUT2D eigenvalue weighted by Crippen LogP contribution is 2.30. The molecular formula is C5H5NO5S2. The number of hydrogen-bond acceptors (Lipinski definition) is 5. The summed E-state index contributed by atoms with van der Waals surface area (Å²) < 4.78 is 29.3. The average molecular weight is 223 g/mol. The molecule has 72 valence electrons. The Kier molecular flexibility index (Phi) is 2.37. The molecule has 0 aliphatic rings. The van der Waals surface area contributed by atoms with Crippen LogP contribution in [0.25, 0.3) is 0 Å². The van der Waals surface area contributed by atoms with Gasteiger partial charge in [-0.2, -0.15) is 8.42 Å². The lowest BCUT2D eigenvalue weighted by atomic mass is 10.4. The molecule has 1 N–H and O–H groups in total. The summed E-state index contributed by atoms with van der Waals surface area (Å²) in [4.78, 5) is 9.85. The lowest BCUT2D eigenvalue weighted by Gasteiger charge is -1.85. The van der Waals surface area contributed by atoms with Crippen molar-refractivity contribution in [3.63, 3.8) is 0 Å². The quantitative estimate of drug-likeness (QED) is 0.461. The van der Waals surface area contributed by atoms with Crippen molar-refractivity contribution in [3.8, 4) is 0 Å². The van der Waals surface area contributed by atoms with E-state index in [1.807, 2.05) is 0 Å². The van der Waals surface area contributed by atoms with Crippen LogP contribution in [-0.4, -0.2) is 17.9 Å². The minimum Gasteiger partial charge on any atom is -0.281 e. The molecule has 0 amide bonds. The molecule has 0 saturated heterocycles. The Hall–Kier alpha value is -0.990. The summed E-state index contributed by atoms with van der Waals surface area (Å²) in [5.74, 6) is 0. The van der Waals surface area contributed by atoms with E-state index in [1.165, 1.54) is 6.92 Å². The van der Waals surface area contributed by atoms with Crippen molar-refractivity contribution in [1.82, 2.24) is 0 Å². The fourth-order valence-electron chi connectivity index (χ4n) is 0.754. The fourth-order valence-corrected chi connectivity index (χ4v) is 2.52. The second kappa shape index (κ2) is 3.05. The zero-order valence-corrected chi connectivity index (χ0v) is 8.05. The van der Waals surface area contributed by atoms with Crippen LogP contribution in [-0.2, 0) is 10.1 Å². The minimum atomic E-state index is -4.32. The van der Waals surface area contributed by atoms with Gasteiger partial charge in [-0.3, -0.25) is 14.7 Å². The van der Waals surface area contributed by atoms with E-state index in [0.29, 0.717) is 11.3 Å². The van der Waals surface area contributed by atoms with E-state index in [2.05, 4.69) is 0 Å². The summed E-state index contributed by atoms with van der Waals surface area (Å²) in [5.41, 5.74) is -0.294. The van der Waals surface area contributed by atoms with Gasteiger partial charge in [0.2, 0.25) is 0 Å². The predicted octanol–water partition coefficient (Wildman–Crippen LogP) is 1.21. The molecule has 0 aliphatic heterocycles. The molecule has 0 atom stereocenters. The van der Waals surface area contributed by atoms with E-state index in [9.17, 15) is 18.5 Å². The highest BCUT2D eigenvalue weighted by atomic mass is 32.3. The molecule has 0 saturated carbocycles. The Balaban J connectivity index is 3.33.